The van der Waals surface area contributed by atoms with Gasteiger partial charge in [0.05, 0.1) is 29.5 Å². The summed E-state index contributed by atoms with van der Waals surface area (Å²) in [5.74, 6) is -0.773. The molecule has 0 radical (unpaired) electrons. The van der Waals surface area contributed by atoms with Gasteiger partial charge in [-0.1, -0.05) is 41.1 Å². The van der Waals surface area contributed by atoms with Crippen molar-refractivity contribution in [3.8, 4) is 0 Å². The monoisotopic (exact) mass is 587 g/mol. The van der Waals surface area contributed by atoms with Gasteiger partial charge in [0.1, 0.15) is 16.6 Å². The summed E-state index contributed by atoms with van der Waals surface area (Å²) in [6, 6.07) is 11.3. The molecule has 12 heteroatoms. The molecule has 1 saturated heterocycles. The third kappa shape index (κ3) is 7.48. The first-order valence-electron chi connectivity index (χ1n) is 12.7. The summed E-state index contributed by atoms with van der Waals surface area (Å²) >= 11 is 7.36. The zero-order chi connectivity index (χ0) is 29.0. The number of aryl methyl sites for hydroxylation is 1. The molecule has 0 saturated carbocycles. The van der Waals surface area contributed by atoms with Crippen molar-refractivity contribution in [3.05, 3.63) is 69.7 Å². The first-order valence-corrected chi connectivity index (χ1v) is 13.9. The van der Waals surface area contributed by atoms with E-state index in [0.29, 0.717) is 32.0 Å². The Hall–Kier alpha value is -3.70. The van der Waals surface area contributed by atoms with E-state index in [1.807, 2.05) is 19.1 Å². The standard InChI is InChI=1S/C28H31ClFN5O4S/c1-16-7-5-10-19(29)23(16)34-25(37)22-14-31-26(40-22)32-18-9-6-8-17(13-18)24(36)33-21-11-12-35(15-20(21)30)27(38)39-28(2,3)4/h5-10,13-14,20-21H,11-12,15H2,1-4H3,(H,31,32)(H,33,36)(H,34,37)/t20-,21+/m0/s1. The number of hydrogen-bond acceptors (Lipinski definition) is 7. The predicted octanol–water partition coefficient (Wildman–Crippen LogP) is 6.18. The second-order valence-corrected chi connectivity index (χ2v) is 11.9. The van der Waals surface area contributed by atoms with Gasteiger partial charge in [-0.3, -0.25) is 9.59 Å². The van der Waals surface area contributed by atoms with Crippen LogP contribution in [0.5, 0.6) is 0 Å². The molecule has 2 atom stereocenters. The number of alkyl halides is 1. The lowest BCUT2D eigenvalue weighted by Gasteiger charge is -2.35. The van der Waals surface area contributed by atoms with E-state index in [4.69, 9.17) is 16.3 Å². The van der Waals surface area contributed by atoms with Gasteiger partial charge in [-0.2, -0.15) is 0 Å². The van der Waals surface area contributed by atoms with Crippen molar-refractivity contribution in [2.75, 3.05) is 23.7 Å². The molecule has 2 aromatic carbocycles. The molecular formula is C28H31ClFN5O4S. The number of piperidine rings is 1. The topological polar surface area (TPSA) is 113 Å². The number of amides is 3. The van der Waals surface area contributed by atoms with Crippen LogP contribution in [0, 0.1) is 6.92 Å². The van der Waals surface area contributed by atoms with Crippen LogP contribution in [0.15, 0.2) is 48.7 Å². The Kier molecular flexibility index (Phi) is 8.95. The lowest BCUT2D eigenvalue weighted by atomic mass is 10.0. The molecule has 0 spiro atoms. The van der Waals surface area contributed by atoms with Gasteiger partial charge in [-0.25, -0.2) is 14.2 Å². The first kappa shape index (κ1) is 29.3. The number of rotatable bonds is 6. The Morgan fingerprint density at radius 1 is 1.15 bits per heavy atom. The third-order valence-electron chi connectivity index (χ3n) is 6.08. The first-order chi connectivity index (χ1) is 18.9. The number of nitrogens with one attached hydrogen (secondary N) is 3. The number of hydrogen-bond donors (Lipinski definition) is 3. The maximum Gasteiger partial charge on any atom is 0.410 e. The summed E-state index contributed by atoms with van der Waals surface area (Å²) in [5.41, 5.74) is 1.62. The number of carbonyl (C=O) groups excluding carboxylic acids is 3. The van der Waals surface area contributed by atoms with E-state index in [2.05, 4.69) is 20.9 Å². The minimum Gasteiger partial charge on any atom is -0.444 e. The highest BCUT2D eigenvalue weighted by atomic mass is 35.5. The van der Waals surface area contributed by atoms with Crippen LogP contribution in [-0.4, -0.2) is 58.7 Å². The van der Waals surface area contributed by atoms with Crippen molar-refractivity contribution < 1.29 is 23.5 Å². The van der Waals surface area contributed by atoms with Gasteiger partial charge in [0.2, 0.25) is 0 Å². The van der Waals surface area contributed by atoms with E-state index in [9.17, 15) is 18.8 Å². The highest BCUT2D eigenvalue weighted by Gasteiger charge is 2.34. The zero-order valence-corrected chi connectivity index (χ0v) is 24.2. The Balaban J connectivity index is 1.34. The minimum atomic E-state index is -1.43. The number of thiazole rings is 1. The fourth-order valence-electron chi connectivity index (χ4n) is 4.08. The third-order valence-corrected chi connectivity index (χ3v) is 7.30. The molecule has 1 fully saturated rings. The Morgan fingerprint density at radius 3 is 2.60 bits per heavy atom. The maximum absolute atomic E-state index is 14.9. The molecule has 3 aromatic rings. The minimum absolute atomic E-state index is 0.155. The van der Waals surface area contributed by atoms with E-state index in [1.54, 1.807) is 51.1 Å². The Labute approximate surface area is 241 Å². The molecule has 1 aliphatic rings. The van der Waals surface area contributed by atoms with Crippen molar-refractivity contribution in [1.82, 2.24) is 15.2 Å². The van der Waals surface area contributed by atoms with E-state index in [1.165, 1.54) is 11.1 Å². The quantitative estimate of drug-likeness (QED) is 0.317. The number of benzene rings is 2. The number of carbonyl (C=O) groups is 3. The molecule has 212 valence electrons. The van der Waals surface area contributed by atoms with Gasteiger partial charge >= 0.3 is 6.09 Å². The second-order valence-electron chi connectivity index (χ2n) is 10.4. The lowest BCUT2D eigenvalue weighted by Crippen LogP contribution is -2.54. The molecule has 9 nitrogen and oxygen atoms in total. The van der Waals surface area contributed by atoms with Crippen molar-refractivity contribution in [2.45, 2.75) is 51.9 Å². The summed E-state index contributed by atoms with van der Waals surface area (Å²) in [7, 11) is 0. The number of halogens is 2. The van der Waals surface area contributed by atoms with Gasteiger partial charge in [0, 0.05) is 17.8 Å². The average molecular weight is 588 g/mol. The maximum atomic E-state index is 14.9. The van der Waals surface area contributed by atoms with Crippen LogP contribution in [0.4, 0.5) is 25.7 Å². The van der Waals surface area contributed by atoms with E-state index >= 15 is 0 Å². The van der Waals surface area contributed by atoms with E-state index < -0.39 is 29.8 Å². The fourth-order valence-corrected chi connectivity index (χ4v) is 5.08. The normalized spacial score (nSPS) is 17.2. The highest BCUT2D eigenvalue weighted by Crippen LogP contribution is 2.28. The van der Waals surface area contributed by atoms with Crippen LogP contribution in [0.3, 0.4) is 0 Å². The molecule has 0 aliphatic carbocycles. The van der Waals surface area contributed by atoms with Crippen molar-refractivity contribution in [1.29, 1.82) is 0 Å². The molecule has 4 rings (SSSR count). The summed E-state index contributed by atoms with van der Waals surface area (Å²) in [6.45, 7) is 7.23. The summed E-state index contributed by atoms with van der Waals surface area (Å²) in [5, 5.41) is 9.55. The Morgan fingerprint density at radius 2 is 1.90 bits per heavy atom. The summed E-state index contributed by atoms with van der Waals surface area (Å²) < 4.78 is 20.2. The fraction of sp³-hybridized carbons (Fsp3) is 0.357. The summed E-state index contributed by atoms with van der Waals surface area (Å²) in [6.07, 6.45) is -0.279. The average Bonchev–Trinajstić information content (AvgIpc) is 3.35. The van der Waals surface area contributed by atoms with Crippen LogP contribution in [0.2, 0.25) is 5.02 Å². The number of para-hydroxylation sites is 1. The summed E-state index contributed by atoms with van der Waals surface area (Å²) in [4.78, 5) is 43.8. The van der Waals surface area contributed by atoms with Gasteiger partial charge in [0.25, 0.3) is 11.8 Å². The smallest absolute Gasteiger partial charge is 0.410 e. The van der Waals surface area contributed by atoms with Crippen molar-refractivity contribution >= 4 is 57.4 Å². The molecule has 1 aromatic heterocycles. The molecule has 0 unspecified atom stereocenters. The molecule has 3 amide bonds. The molecule has 2 heterocycles. The SMILES string of the molecule is Cc1cccc(Cl)c1NC(=O)c1cnc(Nc2cccc(C(=O)N[C@@H]3CCN(C(=O)OC(C)(C)C)C[C@@H]3F)c2)s1. The largest absolute Gasteiger partial charge is 0.444 e. The van der Waals surface area contributed by atoms with Gasteiger partial charge in [0.15, 0.2) is 5.13 Å². The number of nitrogens with zero attached hydrogens (tertiary/aromatic N) is 2. The molecule has 1 aliphatic heterocycles. The predicted molar refractivity (Wildman–Crippen MR) is 155 cm³/mol. The molecule has 40 heavy (non-hydrogen) atoms. The van der Waals surface area contributed by atoms with Gasteiger partial charge in [-0.15, -0.1) is 0 Å². The number of anilines is 3. The van der Waals surface area contributed by atoms with Gasteiger partial charge < -0.3 is 25.6 Å². The van der Waals surface area contributed by atoms with Crippen LogP contribution in [-0.2, 0) is 4.74 Å². The van der Waals surface area contributed by atoms with E-state index in [0.717, 1.165) is 16.9 Å². The molecule has 3 N–H and O–H groups in total. The molecule has 0 bridgehead atoms. The van der Waals surface area contributed by atoms with Crippen molar-refractivity contribution in [2.24, 2.45) is 0 Å². The van der Waals surface area contributed by atoms with Crippen LogP contribution in [0.1, 0.15) is 52.8 Å². The number of likely N-dealkylation sites (tertiary alicyclic amines) is 1. The van der Waals surface area contributed by atoms with Crippen LogP contribution < -0.4 is 16.0 Å². The second kappa shape index (κ2) is 12.2. The zero-order valence-electron chi connectivity index (χ0n) is 22.6. The van der Waals surface area contributed by atoms with Crippen molar-refractivity contribution in [3.63, 3.8) is 0 Å². The Bertz CT molecular complexity index is 1390. The molecular weight excluding hydrogens is 557 g/mol. The number of ether oxygens (including phenoxy) is 1. The van der Waals surface area contributed by atoms with Gasteiger partial charge in [-0.05, 0) is 63.9 Å². The highest BCUT2D eigenvalue weighted by molar-refractivity contribution is 7.17. The number of aromatic nitrogens is 1. The lowest BCUT2D eigenvalue weighted by molar-refractivity contribution is 0.00971. The van der Waals surface area contributed by atoms with E-state index in [-0.39, 0.29) is 25.4 Å². The van der Waals surface area contributed by atoms with Crippen LogP contribution >= 0.6 is 22.9 Å². The van der Waals surface area contributed by atoms with Crippen LogP contribution in [0.25, 0.3) is 0 Å².